The molecule has 0 saturated carbocycles. The first kappa shape index (κ1) is 14.8. The van der Waals surface area contributed by atoms with Gasteiger partial charge in [-0.2, -0.15) is 0 Å². The van der Waals surface area contributed by atoms with E-state index < -0.39 is 0 Å². The fourth-order valence-corrected chi connectivity index (χ4v) is 2.88. The monoisotopic (exact) mass is 299 g/mol. The van der Waals surface area contributed by atoms with Crippen LogP contribution < -0.4 is 0 Å². The highest BCUT2D eigenvalue weighted by Crippen LogP contribution is 2.21. The number of aromatic nitrogens is 2. The van der Waals surface area contributed by atoms with Crippen LogP contribution in [0.4, 0.5) is 0 Å². The van der Waals surface area contributed by atoms with E-state index in [1.807, 2.05) is 46.9 Å². The lowest BCUT2D eigenvalue weighted by Gasteiger charge is -2.24. The van der Waals surface area contributed by atoms with Crippen LogP contribution in [0.2, 0.25) is 0 Å². The normalized spacial score (nSPS) is 17.9. The third-order valence-corrected chi connectivity index (χ3v) is 4.07. The summed E-state index contributed by atoms with van der Waals surface area (Å²) in [6.07, 6.45) is 7.45. The van der Waals surface area contributed by atoms with Gasteiger partial charge in [-0.25, -0.2) is 4.98 Å². The molecule has 1 saturated heterocycles. The van der Waals surface area contributed by atoms with Gasteiger partial charge in [-0.1, -0.05) is 0 Å². The second-order valence-corrected chi connectivity index (χ2v) is 5.47. The summed E-state index contributed by atoms with van der Waals surface area (Å²) in [7, 11) is 0. The van der Waals surface area contributed by atoms with Crippen LogP contribution >= 0.6 is 0 Å². The van der Waals surface area contributed by atoms with Gasteiger partial charge in [-0.3, -0.25) is 4.79 Å². The van der Waals surface area contributed by atoms with E-state index in [0.717, 1.165) is 30.6 Å². The van der Waals surface area contributed by atoms with Crippen molar-refractivity contribution in [3.63, 3.8) is 0 Å². The Morgan fingerprint density at radius 2 is 2.18 bits per heavy atom. The molecular weight excluding hydrogens is 278 g/mol. The first-order chi connectivity index (χ1) is 10.8. The molecule has 5 nitrogen and oxygen atoms in total. The minimum atomic E-state index is 0.0967. The molecule has 0 radical (unpaired) electrons. The zero-order chi connectivity index (χ0) is 15.4. The van der Waals surface area contributed by atoms with E-state index in [1.165, 1.54) is 0 Å². The first-order valence-corrected chi connectivity index (χ1v) is 7.76. The zero-order valence-corrected chi connectivity index (χ0v) is 12.8. The molecule has 1 amide bonds. The van der Waals surface area contributed by atoms with Gasteiger partial charge in [0.25, 0.3) is 5.91 Å². The largest absolute Gasteiger partial charge is 0.380 e. The number of likely N-dealkylation sites (tertiary alicyclic amines) is 1. The molecule has 0 N–H and O–H groups in total. The van der Waals surface area contributed by atoms with E-state index in [9.17, 15) is 4.79 Å². The number of carbonyl (C=O) groups is 1. The number of benzene rings is 1. The lowest BCUT2D eigenvalue weighted by molar-refractivity contribution is 0.0564. The zero-order valence-electron chi connectivity index (χ0n) is 12.8. The maximum Gasteiger partial charge on any atom is 0.254 e. The maximum absolute atomic E-state index is 12.7. The summed E-state index contributed by atoms with van der Waals surface area (Å²) < 4.78 is 7.42. The van der Waals surface area contributed by atoms with E-state index >= 15 is 0 Å². The summed E-state index contributed by atoms with van der Waals surface area (Å²) in [6, 6.07) is 7.87. The molecular formula is C17H21N3O2. The minimum absolute atomic E-state index is 0.0967. The fourth-order valence-electron chi connectivity index (χ4n) is 2.88. The van der Waals surface area contributed by atoms with Crippen molar-refractivity contribution in [2.75, 3.05) is 19.8 Å². The molecule has 1 aromatic heterocycles. The second kappa shape index (κ2) is 6.75. The quantitative estimate of drug-likeness (QED) is 0.852. The Balaban J connectivity index is 1.72. The number of nitrogens with zero attached hydrogens (tertiary/aromatic N) is 3. The van der Waals surface area contributed by atoms with Crippen molar-refractivity contribution in [1.82, 2.24) is 14.5 Å². The highest BCUT2D eigenvalue weighted by molar-refractivity contribution is 5.94. The predicted molar refractivity (Wildman–Crippen MR) is 84.1 cm³/mol. The predicted octanol–water partition coefficient (Wildman–Crippen LogP) is 2.51. The van der Waals surface area contributed by atoms with Crippen molar-refractivity contribution >= 4 is 5.91 Å². The van der Waals surface area contributed by atoms with Crippen molar-refractivity contribution in [1.29, 1.82) is 0 Å². The summed E-state index contributed by atoms with van der Waals surface area (Å²) >= 11 is 0. The molecule has 3 rings (SSSR count). The number of amides is 1. The SMILES string of the molecule is CCOCC1CCCN1C(=O)c1ccc(-n2ccnc2)cc1. The smallest absolute Gasteiger partial charge is 0.254 e. The van der Waals surface area contributed by atoms with Crippen molar-refractivity contribution in [3.05, 3.63) is 48.5 Å². The van der Waals surface area contributed by atoms with Gasteiger partial charge in [0, 0.05) is 36.8 Å². The number of imidazole rings is 1. The number of hydrogen-bond donors (Lipinski definition) is 0. The van der Waals surface area contributed by atoms with Crippen LogP contribution in [0.3, 0.4) is 0 Å². The molecule has 5 heteroatoms. The minimum Gasteiger partial charge on any atom is -0.380 e. The van der Waals surface area contributed by atoms with Crippen LogP contribution in [0.1, 0.15) is 30.1 Å². The molecule has 2 heterocycles. The molecule has 1 aliphatic rings. The Labute approximate surface area is 130 Å². The maximum atomic E-state index is 12.7. The number of rotatable bonds is 5. The molecule has 0 spiro atoms. The summed E-state index contributed by atoms with van der Waals surface area (Å²) in [5.74, 6) is 0.0967. The molecule has 1 atom stereocenters. The first-order valence-electron chi connectivity index (χ1n) is 7.76. The highest BCUT2D eigenvalue weighted by Gasteiger charge is 2.29. The van der Waals surface area contributed by atoms with E-state index in [1.54, 1.807) is 12.5 Å². The third kappa shape index (κ3) is 3.04. The number of carbonyl (C=O) groups excluding carboxylic acids is 1. The summed E-state index contributed by atoms with van der Waals surface area (Å²) in [6.45, 7) is 4.13. The van der Waals surface area contributed by atoms with Crippen LogP contribution in [0.25, 0.3) is 5.69 Å². The molecule has 116 valence electrons. The van der Waals surface area contributed by atoms with E-state index in [-0.39, 0.29) is 11.9 Å². The molecule has 1 aliphatic heterocycles. The Morgan fingerprint density at radius 1 is 1.36 bits per heavy atom. The molecule has 1 fully saturated rings. The molecule has 1 unspecified atom stereocenters. The van der Waals surface area contributed by atoms with Gasteiger partial charge in [0.1, 0.15) is 0 Å². The average molecular weight is 299 g/mol. The Morgan fingerprint density at radius 3 is 2.86 bits per heavy atom. The van der Waals surface area contributed by atoms with Gasteiger partial charge in [-0.15, -0.1) is 0 Å². The van der Waals surface area contributed by atoms with Crippen molar-refractivity contribution in [2.24, 2.45) is 0 Å². The summed E-state index contributed by atoms with van der Waals surface area (Å²) in [4.78, 5) is 18.6. The molecule has 2 aromatic rings. The Hall–Kier alpha value is -2.14. The van der Waals surface area contributed by atoms with Crippen LogP contribution in [0.5, 0.6) is 0 Å². The lowest BCUT2D eigenvalue weighted by atomic mass is 10.1. The van der Waals surface area contributed by atoms with Gasteiger partial charge in [-0.05, 0) is 44.0 Å². The molecule has 22 heavy (non-hydrogen) atoms. The van der Waals surface area contributed by atoms with Crippen molar-refractivity contribution in [3.8, 4) is 5.69 Å². The van der Waals surface area contributed by atoms with Gasteiger partial charge >= 0.3 is 0 Å². The third-order valence-electron chi connectivity index (χ3n) is 4.07. The number of ether oxygens (including phenoxy) is 1. The van der Waals surface area contributed by atoms with Gasteiger partial charge < -0.3 is 14.2 Å². The molecule has 0 bridgehead atoms. The molecule has 0 aliphatic carbocycles. The van der Waals surface area contributed by atoms with E-state index in [0.29, 0.717) is 13.2 Å². The van der Waals surface area contributed by atoms with Gasteiger partial charge in [0.05, 0.1) is 19.0 Å². The van der Waals surface area contributed by atoms with E-state index in [2.05, 4.69) is 4.98 Å². The Bertz CT molecular complexity index is 607. The standard InChI is InChI=1S/C17H21N3O2/c1-2-22-12-16-4-3-10-20(16)17(21)14-5-7-15(8-6-14)19-11-9-18-13-19/h5-9,11,13,16H,2-4,10,12H2,1H3. The van der Waals surface area contributed by atoms with Gasteiger partial charge in [0.2, 0.25) is 0 Å². The van der Waals surface area contributed by atoms with Crippen LogP contribution in [0, 0.1) is 0 Å². The van der Waals surface area contributed by atoms with Crippen LogP contribution in [-0.4, -0.2) is 46.2 Å². The Kier molecular flexibility index (Phi) is 4.53. The van der Waals surface area contributed by atoms with Crippen LogP contribution in [-0.2, 0) is 4.74 Å². The second-order valence-electron chi connectivity index (χ2n) is 5.47. The van der Waals surface area contributed by atoms with Crippen molar-refractivity contribution in [2.45, 2.75) is 25.8 Å². The van der Waals surface area contributed by atoms with Crippen molar-refractivity contribution < 1.29 is 9.53 Å². The fraction of sp³-hybridized carbons (Fsp3) is 0.412. The highest BCUT2D eigenvalue weighted by atomic mass is 16.5. The topological polar surface area (TPSA) is 47.4 Å². The van der Waals surface area contributed by atoms with E-state index in [4.69, 9.17) is 4.74 Å². The van der Waals surface area contributed by atoms with Crippen LogP contribution in [0.15, 0.2) is 43.0 Å². The number of hydrogen-bond acceptors (Lipinski definition) is 3. The lowest BCUT2D eigenvalue weighted by Crippen LogP contribution is -2.38. The average Bonchev–Trinajstić information content (AvgIpc) is 3.24. The summed E-state index contributed by atoms with van der Waals surface area (Å²) in [5, 5.41) is 0. The summed E-state index contributed by atoms with van der Waals surface area (Å²) in [5.41, 5.74) is 1.73. The molecule has 1 aromatic carbocycles. The van der Waals surface area contributed by atoms with Gasteiger partial charge in [0.15, 0.2) is 0 Å².